The van der Waals surface area contributed by atoms with Gasteiger partial charge >= 0.3 is 0 Å². The largest absolute Gasteiger partial charge is 0.505 e. The van der Waals surface area contributed by atoms with Crippen LogP contribution in [-0.2, 0) is 10.0 Å². The Labute approximate surface area is 254 Å². The number of phenols is 1. The molecule has 11 nitrogen and oxygen atoms in total. The van der Waals surface area contributed by atoms with Crippen molar-refractivity contribution in [2.75, 3.05) is 39.7 Å². The first-order valence-electron chi connectivity index (χ1n) is 13.2. The lowest BCUT2D eigenvalue weighted by Crippen LogP contribution is -2.30. The second-order valence-electron chi connectivity index (χ2n) is 9.11. The Balaban J connectivity index is 1.80. The summed E-state index contributed by atoms with van der Waals surface area (Å²) < 4.78 is 43.5. The summed E-state index contributed by atoms with van der Waals surface area (Å²) in [5.41, 5.74) is 0.283. The van der Waals surface area contributed by atoms with Gasteiger partial charge in [-0.05, 0) is 35.7 Å². The maximum Gasteiger partial charge on any atom is 0.259 e. The lowest BCUT2D eigenvalue weighted by Gasteiger charge is -2.18. The third kappa shape index (κ3) is 6.36. The highest BCUT2D eigenvalue weighted by molar-refractivity contribution is 7.89. The van der Waals surface area contributed by atoms with Crippen molar-refractivity contribution in [1.82, 2.24) is 4.31 Å². The van der Waals surface area contributed by atoms with Gasteiger partial charge in [0.15, 0.2) is 5.75 Å². The predicted octanol–water partition coefficient (Wildman–Crippen LogP) is 6.92. The summed E-state index contributed by atoms with van der Waals surface area (Å²) >= 11 is 6.26. The lowest BCUT2D eigenvalue weighted by molar-refractivity contribution is 0.102. The zero-order valence-corrected chi connectivity index (χ0v) is 25.8. The number of carbonyl (C=O) groups excluding carboxylic acids is 1. The second-order valence-corrected chi connectivity index (χ2v) is 11.5. The molecule has 226 valence electrons. The Hall–Kier alpha value is -4.39. The van der Waals surface area contributed by atoms with Gasteiger partial charge in [-0.2, -0.15) is 4.31 Å². The van der Waals surface area contributed by atoms with Crippen molar-refractivity contribution < 1.29 is 32.5 Å². The summed E-state index contributed by atoms with van der Waals surface area (Å²) in [6.45, 7) is 4.10. The fraction of sp³-hybridized carbons (Fsp3) is 0.233. The van der Waals surface area contributed by atoms with Gasteiger partial charge in [0.25, 0.3) is 5.91 Å². The molecule has 0 aliphatic heterocycles. The molecule has 0 atom stereocenters. The highest BCUT2D eigenvalue weighted by atomic mass is 35.5. The van der Waals surface area contributed by atoms with Gasteiger partial charge in [0.05, 0.1) is 42.5 Å². The molecule has 4 aromatic carbocycles. The quantitative estimate of drug-likeness (QED) is 0.172. The molecule has 0 radical (unpaired) electrons. The first kappa shape index (κ1) is 31.5. The summed E-state index contributed by atoms with van der Waals surface area (Å²) in [6.07, 6.45) is 0. The van der Waals surface area contributed by atoms with Crippen molar-refractivity contribution in [3.8, 4) is 23.0 Å². The number of sulfonamides is 1. The van der Waals surface area contributed by atoms with E-state index in [0.29, 0.717) is 35.4 Å². The Kier molecular flexibility index (Phi) is 9.74. The van der Waals surface area contributed by atoms with E-state index in [4.69, 9.17) is 25.8 Å². The van der Waals surface area contributed by atoms with Crippen LogP contribution in [-0.4, -0.2) is 58.2 Å². The van der Waals surface area contributed by atoms with E-state index in [1.54, 1.807) is 38.1 Å². The smallest absolute Gasteiger partial charge is 0.259 e. The van der Waals surface area contributed by atoms with E-state index in [1.807, 2.05) is 0 Å². The molecule has 43 heavy (non-hydrogen) atoms. The molecule has 0 aromatic heterocycles. The number of benzene rings is 4. The number of nitrogens with one attached hydrogen (secondary N) is 1. The monoisotopic (exact) mass is 626 g/mol. The molecule has 0 heterocycles. The standard InChI is InChI=1S/C30H31ClN4O7S/c1-6-35(7-2)43(38,39)19-12-13-25(40-3)24(15-19)33-34-28-20-11-9-8-10-18(20)14-21(29(28)36)30(37)32-23-16-22(31)26(41-4)17-27(23)42-5/h8-17,36H,6-7H2,1-5H3,(H,32,37)/b34-33+. The number of ether oxygens (including phenoxy) is 3. The fourth-order valence-corrected chi connectivity index (χ4v) is 6.18. The summed E-state index contributed by atoms with van der Waals surface area (Å²) in [5.74, 6) is -0.185. The highest BCUT2D eigenvalue weighted by Gasteiger charge is 2.24. The number of phenolic OH excluding ortho intramolecular Hbond substituents is 1. The van der Waals surface area contributed by atoms with Crippen LogP contribution in [0.1, 0.15) is 24.2 Å². The van der Waals surface area contributed by atoms with E-state index in [1.165, 1.54) is 62.0 Å². The molecule has 0 unspecified atom stereocenters. The van der Waals surface area contributed by atoms with Crippen LogP contribution in [0.25, 0.3) is 10.8 Å². The number of carbonyl (C=O) groups is 1. The van der Waals surface area contributed by atoms with Gasteiger partial charge in [0.2, 0.25) is 10.0 Å². The molecule has 0 fully saturated rings. The third-order valence-electron chi connectivity index (χ3n) is 6.71. The number of anilines is 1. The number of halogens is 1. The summed E-state index contributed by atoms with van der Waals surface area (Å²) in [6, 6.07) is 15.8. The van der Waals surface area contributed by atoms with Crippen LogP contribution in [0.5, 0.6) is 23.0 Å². The average molecular weight is 627 g/mol. The number of amides is 1. The van der Waals surface area contributed by atoms with Crippen LogP contribution in [0.15, 0.2) is 75.8 Å². The number of methoxy groups -OCH3 is 3. The summed E-state index contributed by atoms with van der Waals surface area (Å²) in [4.78, 5) is 13.5. The van der Waals surface area contributed by atoms with Gasteiger partial charge in [-0.15, -0.1) is 10.2 Å². The highest BCUT2D eigenvalue weighted by Crippen LogP contribution is 2.42. The van der Waals surface area contributed by atoms with Crippen molar-refractivity contribution in [3.63, 3.8) is 0 Å². The van der Waals surface area contributed by atoms with Gasteiger partial charge < -0.3 is 24.6 Å². The van der Waals surface area contributed by atoms with Crippen LogP contribution in [0.3, 0.4) is 0 Å². The van der Waals surface area contributed by atoms with E-state index < -0.39 is 21.7 Å². The van der Waals surface area contributed by atoms with Gasteiger partial charge in [-0.1, -0.05) is 49.7 Å². The van der Waals surface area contributed by atoms with Crippen molar-refractivity contribution in [2.24, 2.45) is 10.2 Å². The molecule has 2 N–H and O–H groups in total. The van der Waals surface area contributed by atoms with Crippen molar-refractivity contribution in [1.29, 1.82) is 0 Å². The molecule has 4 rings (SSSR count). The number of azo groups is 1. The van der Waals surface area contributed by atoms with Crippen molar-refractivity contribution in [2.45, 2.75) is 18.7 Å². The van der Waals surface area contributed by atoms with Crippen LogP contribution in [0.4, 0.5) is 17.1 Å². The Morgan fingerprint density at radius 2 is 1.58 bits per heavy atom. The number of fused-ring (bicyclic) bond motifs is 1. The number of hydrogen-bond donors (Lipinski definition) is 2. The Morgan fingerprint density at radius 1 is 0.907 bits per heavy atom. The predicted molar refractivity (Wildman–Crippen MR) is 165 cm³/mol. The number of rotatable bonds is 11. The zero-order valence-electron chi connectivity index (χ0n) is 24.2. The number of nitrogens with zero attached hydrogens (tertiary/aromatic N) is 3. The first-order chi connectivity index (χ1) is 20.6. The molecule has 13 heteroatoms. The Bertz CT molecular complexity index is 1810. The lowest BCUT2D eigenvalue weighted by atomic mass is 10.0. The molecule has 0 bridgehead atoms. The molecule has 4 aromatic rings. The number of aromatic hydroxyl groups is 1. The van der Waals surface area contributed by atoms with Crippen LogP contribution < -0.4 is 19.5 Å². The van der Waals surface area contributed by atoms with Crippen molar-refractivity contribution in [3.05, 3.63) is 71.2 Å². The van der Waals surface area contributed by atoms with E-state index in [0.717, 1.165) is 0 Å². The van der Waals surface area contributed by atoms with Gasteiger partial charge in [0, 0.05) is 24.5 Å². The van der Waals surface area contributed by atoms with E-state index in [2.05, 4.69) is 15.5 Å². The summed E-state index contributed by atoms with van der Waals surface area (Å²) in [7, 11) is 0.519. The molecular formula is C30H31ClN4O7S. The van der Waals surface area contributed by atoms with Gasteiger partial charge in [-0.3, -0.25) is 4.79 Å². The van der Waals surface area contributed by atoms with E-state index in [-0.39, 0.29) is 38.3 Å². The SMILES string of the molecule is CCN(CC)S(=O)(=O)c1ccc(OC)c(/N=N/c2c(O)c(C(=O)Nc3cc(Cl)c(OC)cc3OC)cc3ccccc23)c1. The summed E-state index contributed by atoms with van der Waals surface area (Å²) in [5, 5.41) is 23.9. The molecule has 0 aliphatic carbocycles. The molecule has 0 saturated heterocycles. The molecular weight excluding hydrogens is 596 g/mol. The Morgan fingerprint density at radius 3 is 2.23 bits per heavy atom. The molecule has 0 spiro atoms. The minimum Gasteiger partial charge on any atom is -0.505 e. The average Bonchev–Trinajstić information content (AvgIpc) is 3.00. The maximum absolute atomic E-state index is 13.5. The minimum atomic E-state index is -3.79. The molecule has 1 amide bonds. The minimum absolute atomic E-state index is 0.00188. The normalized spacial score (nSPS) is 11.7. The van der Waals surface area contributed by atoms with E-state index in [9.17, 15) is 18.3 Å². The van der Waals surface area contributed by atoms with Crippen LogP contribution in [0.2, 0.25) is 5.02 Å². The molecule has 0 aliphatic rings. The van der Waals surface area contributed by atoms with E-state index >= 15 is 0 Å². The van der Waals surface area contributed by atoms with Crippen LogP contribution in [0, 0.1) is 0 Å². The van der Waals surface area contributed by atoms with Crippen molar-refractivity contribution >= 4 is 55.4 Å². The topological polar surface area (TPSA) is 139 Å². The molecule has 0 saturated carbocycles. The van der Waals surface area contributed by atoms with Gasteiger partial charge in [0.1, 0.15) is 28.6 Å². The fourth-order valence-electron chi connectivity index (χ4n) is 4.46. The van der Waals surface area contributed by atoms with Crippen LogP contribution >= 0.6 is 11.6 Å². The first-order valence-corrected chi connectivity index (χ1v) is 15.0. The third-order valence-corrected chi connectivity index (χ3v) is 9.05. The number of hydrogen-bond acceptors (Lipinski definition) is 9. The second kappa shape index (κ2) is 13.3. The maximum atomic E-state index is 13.5. The van der Waals surface area contributed by atoms with Gasteiger partial charge in [-0.25, -0.2) is 8.42 Å². The zero-order chi connectivity index (χ0) is 31.3.